The quantitative estimate of drug-likeness (QED) is 0.136. The van der Waals surface area contributed by atoms with Gasteiger partial charge in [0.25, 0.3) is 11.1 Å². The Balaban J connectivity index is 1.36. The van der Waals surface area contributed by atoms with Crippen molar-refractivity contribution >= 4 is 68.9 Å². The first-order valence-electron chi connectivity index (χ1n) is 11.4. The van der Waals surface area contributed by atoms with Crippen molar-refractivity contribution in [3.63, 3.8) is 0 Å². The number of nitrogens with zero attached hydrogens (tertiary/aromatic N) is 1. The van der Waals surface area contributed by atoms with Crippen molar-refractivity contribution in [1.29, 1.82) is 0 Å². The zero-order valence-electron chi connectivity index (χ0n) is 19.9. The highest BCUT2D eigenvalue weighted by Crippen LogP contribution is 2.36. The van der Waals surface area contributed by atoms with E-state index in [1.54, 1.807) is 54.6 Å². The summed E-state index contributed by atoms with van der Waals surface area (Å²) in [5, 5.41) is 2.15. The molecule has 5 rings (SSSR count). The van der Waals surface area contributed by atoms with Gasteiger partial charge in [0.2, 0.25) is 0 Å². The fourth-order valence-corrected chi connectivity index (χ4v) is 5.33. The number of hydrogen-bond acceptors (Lipinski definition) is 6. The molecule has 6 nitrogen and oxygen atoms in total. The van der Waals surface area contributed by atoms with Gasteiger partial charge in [-0.3, -0.25) is 14.5 Å². The molecule has 0 aromatic heterocycles. The standard InChI is InChI=1S/C29H19Cl2NO5S/c1-36-25-13-17(9-12-24(25)37-28(34)22-8-4-6-18-5-2-3-7-21(18)22)14-26-27(33)32(29(35)38-26)16-19-10-11-20(30)15-23(19)31/h2-15H,16H2,1H3/b26-14-. The molecule has 0 saturated carbocycles. The molecule has 0 N–H and O–H groups in total. The molecule has 9 heteroatoms. The average molecular weight is 564 g/mol. The molecule has 4 aromatic carbocycles. The Morgan fingerprint density at radius 2 is 1.74 bits per heavy atom. The Hall–Kier alpha value is -3.78. The van der Waals surface area contributed by atoms with E-state index in [9.17, 15) is 14.4 Å². The van der Waals surface area contributed by atoms with Crippen LogP contribution >= 0.6 is 35.0 Å². The number of thioether (sulfide) groups is 1. The largest absolute Gasteiger partial charge is 0.493 e. The maximum absolute atomic E-state index is 13.0. The molecule has 1 saturated heterocycles. The van der Waals surface area contributed by atoms with Crippen LogP contribution in [0.15, 0.2) is 83.8 Å². The van der Waals surface area contributed by atoms with Gasteiger partial charge in [0.15, 0.2) is 11.5 Å². The summed E-state index contributed by atoms with van der Waals surface area (Å²) in [7, 11) is 1.46. The molecule has 0 aliphatic carbocycles. The maximum atomic E-state index is 13.0. The molecule has 190 valence electrons. The van der Waals surface area contributed by atoms with Crippen molar-refractivity contribution in [2.24, 2.45) is 0 Å². The van der Waals surface area contributed by atoms with E-state index >= 15 is 0 Å². The average Bonchev–Trinajstić information content (AvgIpc) is 3.17. The Kier molecular flexibility index (Phi) is 7.42. The third-order valence-corrected chi connectivity index (χ3v) is 7.41. The molecule has 0 unspecified atom stereocenters. The number of methoxy groups -OCH3 is 1. The van der Waals surface area contributed by atoms with Crippen molar-refractivity contribution in [1.82, 2.24) is 4.90 Å². The summed E-state index contributed by atoms with van der Waals surface area (Å²) >= 11 is 13.0. The number of carbonyl (C=O) groups is 3. The van der Waals surface area contributed by atoms with Crippen LogP contribution < -0.4 is 9.47 Å². The van der Waals surface area contributed by atoms with Crippen LogP contribution in [0.2, 0.25) is 10.0 Å². The van der Waals surface area contributed by atoms with E-state index in [0.717, 1.165) is 27.4 Å². The van der Waals surface area contributed by atoms with Crippen LogP contribution in [0, 0.1) is 0 Å². The molecule has 2 amide bonds. The first kappa shape index (κ1) is 25.9. The molecule has 1 fully saturated rings. The number of esters is 1. The number of rotatable bonds is 6. The van der Waals surface area contributed by atoms with Gasteiger partial charge in [-0.2, -0.15) is 0 Å². The number of imide groups is 1. The lowest BCUT2D eigenvalue weighted by Gasteiger charge is -2.13. The molecule has 0 bridgehead atoms. The van der Waals surface area contributed by atoms with Gasteiger partial charge in [0.05, 0.1) is 24.1 Å². The van der Waals surface area contributed by atoms with E-state index in [1.165, 1.54) is 7.11 Å². The van der Waals surface area contributed by atoms with Crippen molar-refractivity contribution in [2.45, 2.75) is 6.54 Å². The molecule has 1 heterocycles. The molecule has 38 heavy (non-hydrogen) atoms. The summed E-state index contributed by atoms with van der Waals surface area (Å²) in [5.74, 6) is -0.418. The number of benzene rings is 4. The number of halogens is 2. The summed E-state index contributed by atoms with van der Waals surface area (Å²) < 4.78 is 11.1. The number of hydrogen-bond donors (Lipinski definition) is 0. The third-order valence-electron chi connectivity index (χ3n) is 5.91. The van der Waals surface area contributed by atoms with Crippen molar-refractivity contribution in [2.75, 3.05) is 7.11 Å². The van der Waals surface area contributed by atoms with Crippen molar-refractivity contribution < 1.29 is 23.9 Å². The molecule has 0 atom stereocenters. The molecule has 0 spiro atoms. The third kappa shape index (κ3) is 5.27. The zero-order valence-corrected chi connectivity index (χ0v) is 22.3. The fraction of sp³-hybridized carbons (Fsp3) is 0.0690. The zero-order chi connectivity index (χ0) is 26.8. The van der Waals surface area contributed by atoms with E-state index < -0.39 is 17.1 Å². The lowest BCUT2D eigenvalue weighted by Crippen LogP contribution is -2.27. The van der Waals surface area contributed by atoms with E-state index in [0.29, 0.717) is 32.5 Å². The van der Waals surface area contributed by atoms with E-state index in [2.05, 4.69) is 0 Å². The highest BCUT2D eigenvalue weighted by Gasteiger charge is 2.35. The SMILES string of the molecule is COc1cc(/C=C2\SC(=O)N(Cc3ccc(Cl)cc3Cl)C2=O)ccc1OC(=O)c1cccc2ccccc12. The first-order valence-corrected chi connectivity index (χ1v) is 13.0. The number of fused-ring (bicyclic) bond motifs is 1. The van der Waals surface area contributed by atoms with Crippen LogP contribution in [-0.4, -0.2) is 29.1 Å². The van der Waals surface area contributed by atoms with Gasteiger partial charge in [-0.05, 0) is 70.1 Å². The highest BCUT2D eigenvalue weighted by atomic mass is 35.5. The van der Waals surface area contributed by atoms with Crippen LogP contribution in [0.4, 0.5) is 4.79 Å². The predicted molar refractivity (Wildman–Crippen MR) is 150 cm³/mol. The minimum Gasteiger partial charge on any atom is -0.493 e. The van der Waals surface area contributed by atoms with Crippen LogP contribution in [0.5, 0.6) is 11.5 Å². The second kappa shape index (κ2) is 10.9. The maximum Gasteiger partial charge on any atom is 0.344 e. The summed E-state index contributed by atoms with van der Waals surface area (Å²) in [5.41, 5.74) is 1.64. The summed E-state index contributed by atoms with van der Waals surface area (Å²) in [4.78, 5) is 39.9. The molecule has 4 aromatic rings. The molecule has 1 aliphatic heterocycles. The van der Waals surface area contributed by atoms with Gasteiger partial charge in [-0.1, -0.05) is 71.7 Å². The Bertz CT molecular complexity index is 1630. The van der Waals surface area contributed by atoms with Crippen LogP contribution in [-0.2, 0) is 11.3 Å². The number of ether oxygens (including phenoxy) is 2. The summed E-state index contributed by atoms with van der Waals surface area (Å²) in [6.07, 6.45) is 1.59. The van der Waals surface area contributed by atoms with Crippen LogP contribution in [0.25, 0.3) is 16.8 Å². The van der Waals surface area contributed by atoms with Gasteiger partial charge in [0.1, 0.15) is 0 Å². The van der Waals surface area contributed by atoms with Gasteiger partial charge < -0.3 is 9.47 Å². The highest BCUT2D eigenvalue weighted by molar-refractivity contribution is 8.18. The predicted octanol–water partition coefficient (Wildman–Crippen LogP) is 7.61. The van der Waals surface area contributed by atoms with Crippen molar-refractivity contribution in [3.8, 4) is 11.5 Å². The second-order valence-corrected chi connectivity index (χ2v) is 10.2. The van der Waals surface area contributed by atoms with Crippen molar-refractivity contribution in [3.05, 3.63) is 111 Å². The van der Waals surface area contributed by atoms with E-state index in [1.807, 2.05) is 30.3 Å². The minimum atomic E-state index is -0.519. The number of carbonyl (C=O) groups excluding carboxylic acids is 3. The van der Waals surface area contributed by atoms with Gasteiger partial charge >= 0.3 is 5.97 Å². The molecular weight excluding hydrogens is 545 g/mol. The summed E-state index contributed by atoms with van der Waals surface area (Å²) in [6, 6.07) is 22.8. The number of amides is 2. The van der Waals surface area contributed by atoms with Crippen LogP contribution in [0.1, 0.15) is 21.5 Å². The molecular formula is C29H19Cl2NO5S. The van der Waals surface area contributed by atoms with Gasteiger partial charge in [-0.25, -0.2) is 4.79 Å². The fourth-order valence-electron chi connectivity index (χ4n) is 4.02. The lowest BCUT2D eigenvalue weighted by atomic mass is 10.0. The van der Waals surface area contributed by atoms with Crippen LogP contribution in [0.3, 0.4) is 0 Å². The lowest BCUT2D eigenvalue weighted by molar-refractivity contribution is -0.123. The minimum absolute atomic E-state index is 0.0321. The summed E-state index contributed by atoms with van der Waals surface area (Å²) in [6.45, 7) is 0.0321. The Morgan fingerprint density at radius 3 is 2.53 bits per heavy atom. The Labute approximate surface area is 232 Å². The smallest absolute Gasteiger partial charge is 0.344 e. The Morgan fingerprint density at radius 1 is 0.947 bits per heavy atom. The second-order valence-electron chi connectivity index (χ2n) is 8.33. The van der Waals surface area contributed by atoms with Gasteiger partial charge in [-0.15, -0.1) is 0 Å². The molecule has 0 radical (unpaired) electrons. The molecule has 1 aliphatic rings. The first-order chi connectivity index (χ1) is 18.3. The monoisotopic (exact) mass is 563 g/mol. The normalized spacial score (nSPS) is 14.4. The topological polar surface area (TPSA) is 72.9 Å². The van der Waals surface area contributed by atoms with E-state index in [-0.39, 0.29) is 17.2 Å². The van der Waals surface area contributed by atoms with Gasteiger partial charge in [0, 0.05) is 10.0 Å². The van der Waals surface area contributed by atoms with E-state index in [4.69, 9.17) is 32.7 Å².